The molecule has 0 amide bonds. The second kappa shape index (κ2) is 3.38. The minimum atomic E-state index is 0.306. The lowest BCUT2D eigenvalue weighted by Gasteiger charge is -1.88. The molecule has 0 radical (unpaired) electrons. The van der Waals surface area contributed by atoms with Crippen molar-refractivity contribution in [3.8, 4) is 0 Å². The third kappa shape index (κ3) is 1.89. The number of hydrogen-bond donors (Lipinski definition) is 0. The van der Waals surface area contributed by atoms with E-state index in [4.69, 9.17) is 11.6 Å². The molecule has 3 heteroatoms. The Bertz CT molecular complexity index is 121. The molecule has 0 saturated heterocycles. The Hall–Kier alpha value is -0.630. The highest BCUT2D eigenvalue weighted by atomic mass is 35.5. The largest absolute Gasteiger partial charge is 0.266 e. The van der Waals surface area contributed by atoms with Gasteiger partial charge >= 0.3 is 0 Å². The van der Waals surface area contributed by atoms with Crippen LogP contribution < -0.4 is 0 Å². The fourth-order valence-electron chi connectivity index (χ4n) is 0.180. The topological polar surface area (TPSA) is 24.7 Å². The highest BCUT2D eigenvalue weighted by Gasteiger charge is 1.88. The molecule has 0 aliphatic carbocycles. The molecule has 0 aromatic carbocycles. The normalized spacial score (nSPS) is 12.2. The molecule has 0 saturated carbocycles. The summed E-state index contributed by atoms with van der Waals surface area (Å²) in [4.78, 5) is 6.94. The van der Waals surface area contributed by atoms with Crippen molar-refractivity contribution >= 4 is 25.0 Å². The van der Waals surface area contributed by atoms with E-state index in [2.05, 4.69) is 23.4 Å². The van der Waals surface area contributed by atoms with Crippen molar-refractivity contribution in [3.05, 3.63) is 10.9 Å². The zero-order valence-corrected chi connectivity index (χ0v) is 5.44. The molecule has 0 aliphatic rings. The molecule has 0 aliphatic heterocycles. The summed E-state index contributed by atoms with van der Waals surface area (Å²) >= 11 is 5.43. The van der Waals surface area contributed by atoms with Crippen LogP contribution in [0.5, 0.6) is 0 Å². The minimum Gasteiger partial charge on any atom is -0.266 e. The van der Waals surface area contributed by atoms with Gasteiger partial charge in [0.2, 0.25) is 0 Å². The van der Waals surface area contributed by atoms with Crippen LogP contribution in [0.1, 0.15) is 6.92 Å². The second-order valence-electron chi connectivity index (χ2n) is 1.19. The standard InChI is InChI=1S/C5H7ClN2/c1-4(7-2)5(6)8-3/h2-3H2,1H3/b5-4-. The van der Waals surface area contributed by atoms with E-state index < -0.39 is 0 Å². The maximum atomic E-state index is 5.43. The van der Waals surface area contributed by atoms with Crippen LogP contribution in [0.15, 0.2) is 20.8 Å². The fourth-order valence-corrected chi connectivity index (χ4v) is 0.239. The molecule has 0 fully saturated rings. The maximum Gasteiger partial charge on any atom is 0.149 e. The van der Waals surface area contributed by atoms with E-state index in [1.54, 1.807) is 6.92 Å². The van der Waals surface area contributed by atoms with Gasteiger partial charge in [-0.1, -0.05) is 11.6 Å². The van der Waals surface area contributed by atoms with E-state index in [9.17, 15) is 0 Å². The molecule has 0 atom stereocenters. The molecule has 0 heterocycles. The number of halogens is 1. The Balaban J connectivity index is 4.25. The monoisotopic (exact) mass is 130 g/mol. The summed E-state index contributed by atoms with van der Waals surface area (Å²) in [5, 5.41) is 0.306. The first-order valence-corrected chi connectivity index (χ1v) is 2.40. The summed E-state index contributed by atoms with van der Waals surface area (Å²) in [5.74, 6) is 0. The molecule has 8 heavy (non-hydrogen) atoms. The van der Waals surface area contributed by atoms with Crippen molar-refractivity contribution in [2.45, 2.75) is 6.92 Å². The lowest BCUT2D eigenvalue weighted by Crippen LogP contribution is -1.69. The Morgan fingerprint density at radius 2 is 1.88 bits per heavy atom. The predicted molar refractivity (Wildman–Crippen MR) is 37.7 cm³/mol. The van der Waals surface area contributed by atoms with Crippen molar-refractivity contribution in [3.63, 3.8) is 0 Å². The van der Waals surface area contributed by atoms with Crippen LogP contribution in [0.4, 0.5) is 0 Å². The summed E-state index contributed by atoms with van der Waals surface area (Å²) < 4.78 is 0. The van der Waals surface area contributed by atoms with Gasteiger partial charge in [0.15, 0.2) is 0 Å². The zero-order valence-electron chi connectivity index (χ0n) is 4.69. The van der Waals surface area contributed by atoms with Crippen LogP contribution in [0, 0.1) is 0 Å². The number of hydrogen-bond acceptors (Lipinski definition) is 2. The molecule has 0 N–H and O–H groups in total. The van der Waals surface area contributed by atoms with Crippen LogP contribution in [-0.4, -0.2) is 13.4 Å². The predicted octanol–water partition coefficient (Wildman–Crippen LogP) is 1.82. The minimum absolute atomic E-state index is 0.306. The number of rotatable bonds is 2. The van der Waals surface area contributed by atoms with E-state index in [1.165, 1.54) is 0 Å². The molecule has 0 spiro atoms. The van der Waals surface area contributed by atoms with Crippen molar-refractivity contribution < 1.29 is 0 Å². The molecular formula is C5H7ClN2. The van der Waals surface area contributed by atoms with Crippen molar-refractivity contribution in [2.75, 3.05) is 0 Å². The van der Waals surface area contributed by atoms with Gasteiger partial charge in [-0.05, 0) is 20.4 Å². The summed E-state index contributed by atoms with van der Waals surface area (Å²) in [5.41, 5.74) is 0.599. The highest BCUT2D eigenvalue weighted by Crippen LogP contribution is 2.08. The third-order valence-corrected chi connectivity index (χ3v) is 1.07. The first kappa shape index (κ1) is 7.37. The summed E-state index contributed by atoms with van der Waals surface area (Å²) in [6.45, 7) is 8.16. The molecular weight excluding hydrogens is 124 g/mol. The Kier molecular flexibility index (Phi) is 3.12. The maximum absolute atomic E-state index is 5.43. The summed E-state index contributed by atoms with van der Waals surface area (Å²) in [6.07, 6.45) is 0. The Morgan fingerprint density at radius 3 is 2.00 bits per heavy atom. The molecule has 0 aromatic rings. The van der Waals surface area contributed by atoms with Crippen LogP contribution >= 0.6 is 11.6 Å². The van der Waals surface area contributed by atoms with Gasteiger partial charge in [-0.3, -0.25) is 9.98 Å². The lowest BCUT2D eigenvalue weighted by atomic mass is 10.6. The molecule has 0 bridgehead atoms. The van der Waals surface area contributed by atoms with E-state index in [0.29, 0.717) is 10.9 Å². The van der Waals surface area contributed by atoms with Crippen molar-refractivity contribution in [1.82, 2.24) is 0 Å². The second-order valence-corrected chi connectivity index (χ2v) is 1.55. The van der Waals surface area contributed by atoms with Crippen LogP contribution in [0.3, 0.4) is 0 Å². The SMILES string of the molecule is C=N/C(C)=C(/Cl)N=C. The van der Waals surface area contributed by atoms with Gasteiger partial charge in [-0.2, -0.15) is 0 Å². The highest BCUT2D eigenvalue weighted by molar-refractivity contribution is 6.29. The van der Waals surface area contributed by atoms with Gasteiger partial charge in [-0.15, -0.1) is 0 Å². The summed E-state index contributed by atoms with van der Waals surface area (Å²) in [7, 11) is 0. The first-order chi connectivity index (χ1) is 3.72. The molecule has 44 valence electrons. The quantitative estimate of drug-likeness (QED) is 0.403. The van der Waals surface area contributed by atoms with Crippen LogP contribution in [0.2, 0.25) is 0 Å². The lowest BCUT2D eigenvalue weighted by molar-refractivity contribution is 1.26. The van der Waals surface area contributed by atoms with Crippen LogP contribution in [0.25, 0.3) is 0 Å². The van der Waals surface area contributed by atoms with Gasteiger partial charge in [0, 0.05) is 0 Å². The van der Waals surface area contributed by atoms with E-state index in [-0.39, 0.29) is 0 Å². The van der Waals surface area contributed by atoms with Gasteiger partial charge < -0.3 is 0 Å². The van der Waals surface area contributed by atoms with E-state index in [1.807, 2.05) is 0 Å². The number of allylic oxidation sites excluding steroid dienone is 1. The summed E-state index contributed by atoms with van der Waals surface area (Å²) in [6, 6.07) is 0. The van der Waals surface area contributed by atoms with Gasteiger partial charge in [0.05, 0.1) is 5.70 Å². The third-order valence-electron chi connectivity index (χ3n) is 0.675. The zero-order chi connectivity index (χ0) is 6.57. The Labute approximate surface area is 53.6 Å². The molecule has 0 aromatic heterocycles. The average Bonchev–Trinajstić information content (AvgIpc) is 1.84. The Morgan fingerprint density at radius 1 is 1.38 bits per heavy atom. The number of nitrogens with zero attached hydrogens (tertiary/aromatic N) is 2. The average molecular weight is 131 g/mol. The van der Waals surface area contributed by atoms with Crippen molar-refractivity contribution in [1.29, 1.82) is 0 Å². The number of aliphatic imine (C=N–C) groups is 2. The molecule has 0 rings (SSSR count). The van der Waals surface area contributed by atoms with Gasteiger partial charge in [0.1, 0.15) is 5.16 Å². The van der Waals surface area contributed by atoms with Gasteiger partial charge in [0.25, 0.3) is 0 Å². The smallest absolute Gasteiger partial charge is 0.149 e. The first-order valence-electron chi connectivity index (χ1n) is 2.02. The van der Waals surface area contributed by atoms with E-state index in [0.717, 1.165) is 0 Å². The van der Waals surface area contributed by atoms with Crippen LogP contribution in [-0.2, 0) is 0 Å². The van der Waals surface area contributed by atoms with Crippen molar-refractivity contribution in [2.24, 2.45) is 9.98 Å². The van der Waals surface area contributed by atoms with Gasteiger partial charge in [-0.25, -0.2) is 0 Å². The fraction of sp³-hybridized carbons (Fsp3) is 0.200. The van der Waals surface area contributed by atoms with E-state index >= 15 is 0 Å². The molecule has 2 nitrogen and oxygen atoms in total. The molecule has 0 unspecified atom stereocenters.